The molecule has 0 aliphatic heterocycles. The minimum Gasteiger partial charge on any atom is -0.449 e. The van der Waals surface area contributed by atoms with Gasteiger partial charge in [-0.25, -0.2) is 4.79 Å². The predicted molar refractivity (Wildman–Crippen MR) is 80.4 cm³/mol. The molecule has 2 aromatic rings. The van der Waals surface area contributed by atoms with Crippen LogP contribution in [0.2, 0.25) is 0 Å². The van der Waals surface area contributed by atoms with Crippen LogP contribution in [0.25, 0.3) is 0 Å². The lowest BCUT2D eigenvalue weighted by molar-refractivity contribution is 0.0377. The highest BCUT2D eigenvalue weighted by Gasteiger charge is 2.19. The van der Waals surface area contributed by atoms with Crippen molar-refractivity contribution in [3.8, 4) is 0 Å². The second kappa shape index (κ2) is 6.53. The first-order chi connectivity index (χ1) is 9.72. The van der Waals surface area contributed by atoms with Gasteiger partial charge in [-0.1, -0.05) is 67.8 Å². The molecule has 0 spiro atoms. The van der Waals surface area contributed by atoms with Gasteiger partial charge in [0, 0.05) is 0 Å². The molecule has 0 bridgehead atoms. The minimum atomic E-state index is -0.513. The summed E-state index contributed by atoms with van der Waals surface area (Å²) in [5, 5.41) is 0. The summed E-state index contributed by atoms with van der Waals surface area (Å²) in [6.45, 7) is 7.60. The lowest BCUT2D eigenvalue weighted by Crippen LogP contribution is -2.12. The van der Waals surface area contributed by atoms with E-state index in [1.807, 2.05) is 36.4 Å². The van der Waals surface area contributed by atoms with Crippen LogP contribution >= 0.6 is 0 Å². The van der Waals surface area contributed by atoms with Gasteiger partial charge in [0.1, 0.15) is 0 Å². The number of carbonyl (C=O) groups excluding carboxylic acids is 1. The van der Waals surface area contributed by atoms with Gasteiger partial charge in [0.2, 0.25) is 0 Å². The van der Waals surface area contributed by atoms with E-state index >= 15 is 0 Å². The number of rotatable bonds is 5. The van der Waals surface area contributed by atoms with E-state index in [1.165, 1.54) is 0 Å². The fraction of sp³-hybridized carbons (Fsp3) is 0.0556. The second-order valence-electron chi connectivity index (χ2n) is 4.34. The van der Waals surface area contributed by atoms with E-state index in [4.69, 9.17) is 4.74 Å². The number of hydrogen-bond donors (Lipinski definition) is 0. The Morgan fingerprint density at radius 2 is 1.55 bits per heavy atom. The van der Waals surface area contributed by atoms with Crippen molar-refractivity contribution in [2.75, 3.05) is 0 Å². The van der Waals surface area contributed by atoms with Crippen molar-refractivity contribution < 1.29 is 9.53 Å². The van der Waals surface area contributed by atoms with E-state index in [9.17, 15) is 4.79 Å². The van der Waals surface area contributed by atoms with Crippen molar-refractivity contribution in [1.82, 2.24) is 0 Å². The quantitative estimate of drug-likeness (QED) is 0.593. The SMILES string of the molecule is C=CC(=C)C(OC(=O)c1ccccc1)c1ccccc1. The lowest BCUT2D eigenvalue weighted by atomic mass is 10.0. The Morgan fingerprint density at radius 3 is 2.10 bits per heavy atom. The summed E-state index contributed by atoms with van der Waals surface area (Å²) < 4.78 is 5.57. The molecular weight excluding hydrogens is 248 g/mol. The first-order valence-corrected chi connectivity index (χ1v) is 6.34. The van der Waals surface area contributed by atoms with Gasteiger partial charge in [-0.3, -0.25) is 0 Å². The third-order valence-corrected chi connectivity index (χ3v) is 2.94. The first-order valence-electron chi connectivity index (χ1n) is 6.34. The van der Waals surface area contributed by atoms with Gasteiger partial charge in [0.15, 0.2) is 6.10 Å². The molecule has 2 nitrogen and oxygen atoms in total. The van der Waals surface area contributed by atoms with Gasteiger partial charge >= 0.3 is 5.97 Å². The van der Waals surface area contributed by atoms with Crippen LogP contribution in [0.4, 0.5) is 0 Å². The van der Waals surface area contributed by atoms with Crippen LogP contribution in [-0.2, 0) is 4.74 Å². The molecule has 20 heavy (non-hydrogen) atoms. The Hall–Kier alpha value is -2.61. The molecule has 0 saturated carbocycles. The van der Waals surface area contributed by atoms with E-state index < -0.39 is 6.10 Å². The highest BCUT2D eigenvalue weighted by molar-refractivity contribution is 5.89. The summed E-state index contributed by atoms with van der Waals surface area (Å²) in [5.74, 6) is -0.373. The highest BCUT2D eigenvalue weighted by Crippen LogP contribution is 2.26. The predicted octanol–water partition coefficient (Wildman–Crippen LogP) is 4.33. The standard InChI is InChI=1S/C18H16O2/c1-3-14(2)17(15-10-6-4-7-11-15)20-18(19)16-12-8-5-9-13-16/h3-13,17H,1-2H2. The summed E-state index contributed by atoms with van der Waals surface area (Å²) in [4.78, 5) is 12.2. The molecule has 0 aromatic heterocycles. The van der Waals surface area contributed by atoms with Crippen molar-refractivity contribution in [3.63, 3.8) is 0 Å². The molecule has 0 saturated heterocycles. The maximum Gasteiger partial charge on any atom is 0.339 e. The van der Waals surface area contributed by atoms with Crippen molar-refractivity contribution >= 4 is 5.97 Å². The van der Waals surface area contributed by atoms with Crippen LogP contribution < -0.4 is 0 Å². The van der Waals surface area contributed by atoms with Crippen LogP contribution in [0.5, 0.6) is 0 Å². The van der Waals surface area contributed by atoms with E-state index in [0.717, 1.165) is 5.56 Å². The normalized spacial score (nSPS) is 11.4. The van der Waals surface area contributed by atoms with Gasteiger partial charge in [-0.15, -0.1) is 0 Å². The van der Waals surface area contributed by atoms with Crippen LogP contribution in [-0.4, -0.2) is 5.97 Å². The molecule has 2 rings (SSSR count). The van der Waals surface area contributed by atoms with Crippen LogP contribution in [0.15, 0.2) is 85.5 Å². The maximum absolute atomic E-state index is 12.2. The number of esters is 1. The minimum absolute atomic E-state index is 0.373. The topological polar surface area (TPSA) is 26.3 Å². The van der Waals surface area contributed by atoms with Gasteiger partial charge in [-0.05, 0) is 23.3 Å². The smallest absolute Gasteiger partial charge is 0.339 e. The fourth-order valence-corrected chi connectivity index (χ4v) is 1.84. The Kier molecular flexibility index (Phi) is 4.51. The molecule has 0 radical (unpaired) electrons. The number of ether oxygens (including phenoxy) is 1. The Morgan fingerprint density at radius 1 is 1.00 bits per heavy atom. The maximum atomic E-state index is 12.2. The molecule has 0 amide bonds. The molecule has 0 fully saturated rings. The number of carbonyl (C=O) groups is 1. The van der Waals surface area contributed by atoms with Crippen LogP contribution in [0, 0.1) is 0 Å². The monoisotopic (exact) mass is 264 g/mol. The van der Waals surface area contributed by atoms with E-state index in [-0.39, 0.29) is 5.97 Å². The molecule has 0 aliphatic carbocycles. The van der Waals surface area contributed by atoms with Crippen LogP contribution in [0.3, 0.4) is 0 Å². The zero-order valence-electron chi connectivity index (χ0n) is 11.2. The van der Waals surface area contributed by atoms with Gasteiger partial charge < -0.3 is 4.74 Å². The van der Waals surface area contributed by atoms with Crippen molar-refractivity contribution in [2.45, 2.75) is 6.10 Å². The summed E-state index contributed by atoms with van der Waals surface area (Å²) in [6, 6.07) is 18.4. The summed E-state index contributed by atoms with van der Waals surface area (Å²) >= 11 is 0. The highest BCUT2D eigenvalue weighted by atomic mass is 16.5. The van der Waals surface area contributed by atoms with E-state index in [0.29, 0.717) is 11.1 Å². The van der Waals surface area contributed by atoms with Gasteiger partial charge in [-0.2, -0.15) is 0 Å². The molecule has 2 heteroatoms. The molecule has 1 atom stereocenters. The lowest BCUT2D eigenvalue weighted by Gasteiger charge is -2.18. The van der Waals surface area contributed by atoms with Gasteiger partial charge in [0.25, 0.3) is 0 Å². The number of benzene rings is 2. The third kappa shape index (κ3) is 3.23. The molecule has 2 aromatic carbocycles. The van der Waals surface area contributed by atoms with Crippen molar-refractivity contribution in [1.29, 1.82) is 0 Å². The zero-order valence-corrected chi connectivity index (χ0v) is 11.2. The second-order valence-corrected chi connectivity index (χ2v) is 4.34. The van der Waals surface area contributed by atoms with Crippen LogP contribution in [0.1, 0.15) is 22.0 Å². The Balaban J connectivity index is 2.23. The summed E-state index contributed by atoms with van der Waals surface area (Å²) in [6.07, 6.45) is 1.09. The Labute approximate surface area is 119 Å². The fourth-order valence-electron chi connectivity index (χ4n) is 1.84. The molecule has 1 unspecified atom stereocenters. The van der Waals surface area contributed by atoms with Gasteiger partial charge in [0.05, 0.1) is 5.56 Å². The molecule has 0 N–H and O–H groups in total. The number of hydrogen-bond acceptors (Lipinski definition) is 2. The largest absolute Gasteiger partial charge is 0.449 e. The first kappa shape index (κ1) is 13.8. The summed E-state index contributed by atoms with van der Waals surface area (Å²) in [7, 11) is 0. The van der Waals surface area contributed by atoms with E-state index in [1.54, 1.807) is 30.3 Å². The molecule has 0 aliphatic rings. The van der Waals surface area contributed by atoms with Crippen molar-refractivity contribution in [2.24, 2.45) is 0 Å². The third-order valence-electron chi connectivity index (χ3n) is 2.94. The Bertz CT molecular complexity index is 600. The zero-order chi connectivity index (χ0) is 14.4. The molecule has 0 heterocycles. The van der Waals surface area contributed by atoms with Crippen molar-refractivity contribution in [3.05, 3.63) is 96.6 Å². The summed E-state index contributed by atoms with van der Waals surface area (Å²) in [5.41, 5.74) is 2.05. The average Bonchev–Trinajstić information content (AvgIpc) is 2.53. The van der Waals surface area contributed by atoms with E-state index in [2.05, 4.69) is 13.2 Å². The average molecular weight is 264 g/mol. The molecular formula is C18H16O2. The molecule has 100 valence electrons.